The molecule has 0 aromatic rings. The Morgan fingerprint density at radius 2 is 1.30 bits per heavy atom. The first-order valence-electron chi connectivity index (χ1n) is 9.73. The van der Waals surface area contributed by atoms with Crippen molar-refractivity contribution in [3.05, 3.63) is 0 Å². The van der Waals surface area contributed by atoms with Crippen LogP contribution in [-0.4, -0.2) is 36.1 Å². The van der Waals surface area contributed by atoms with E-state index in [1.54, 1.807) is 13.8 Å². The lowest BCUT2D eigenvalue weighted by Gasteiger charge is -2.49. The zero-order valence-electron chi connectivity index (χ0n) is 16.6. The van der Waals surface area contributed by atoms with Gasteiger partial charge in [-0.05, 0) is 33.6 Å². The minimum atomic E-state index is -0.961. The number of unbranched alkanes of at least 4 members (excludes halogenated alkanes) is 9. The number of aliphatic carboxylic acids is 1. The van der Waals surface area contributed by atoms with E-state index in [2.05, 4.69) is 13.8 Å². The van der Waals surface area contributed by atoms with Gasteiger partial charge in [-0.2, -0.15) is 0 Å². The molecule has 0 saturated carbocycles. The van der Waals surface area contributed by atoms with Crippen LogP contribution >= 0.6 is 0 Å². The molecule has 0 aromatic heterocycles. The van der Waals surface area contributed by atoms with Crippen molar-refractivity contribution in [1.82, 2.24) is 0 Å². The zero-order valence-corrected chi connectivity index (χ0v) is 16.6. The van der Waals surface area contributed by atoms with Crippen LogP contribution in [0.15, 0.2) is 0 Å². The average molecular weight is 328 g/mol. The van der Waals surface area contributed by atoms with Crippen LogP contribution in [0.4, 0.5) is 0 Å². The molecular formula is C20H41NO2. The number of nitrogens with zero attached hydrogens (tertiary/aromatic N) is 1. The average Bonchev–Trinajstić information content (AvgIpc) is 2.48. The van der Waals surface area contributed by atoms with E-state index in [-0.39, 0.29) is 0 Å². The third-order valence-corrected chi connectivity index (χ3v) is 6.02. The van der Waals surface area contributed by atoms with Crippen LogP contribution < -0.4 is 5.11 Å². The topological polar surface area (TPSA) is 40.1 Å². The van der Waals surface area contributed by atoms with Gasteiger partial charge in [-0.3, -0.25) is 0 Å². The van der Waals surface area contributed by atoms with E-state index in [1.807, 2.05) is 14.1 Å². The Morgan fingerprint density at radius 1 is 0.913 bits per heavy atom. The van der Waals surface area contributed by atoms with Crippen LogP contribution in [0.3, 0.4) is 0 Å². The minimum Gasteiger partial charge on any atom is -0.544 e. The molecule has 0 spiro atoms. The van der Waals surface area contributed by atoms with Gasteiger partial charge in [-0.15, -0.1) is 0 Å². The van der Waals surface area contributed by atoms with Gasteiger partial charge in [0.25, 0.3) is 0 Å². The minimum absolute atomic E-state index is 0.331. The summed E-state index contributed by atoms with van der Waals surface area (Å²) in [6.45, 7) is 7.97. The van der Waals surface area contributed by atoms with Crippen LogP contribution in [0.2, 0.25) is 0 Å². The summed E-state index contributed by atoms with van der Waals surface area (Å²) in [7, 11) is 4.02. The summed E-state index contributed by atoms with van der Waals surface area (Å²) >= 11 is 0. The van der Waals surface area contributed by atoms with E-state index in [1.165, 1.54) is 64.2 Å². The Morgan fingerprint density at radius 3 is 1.70 bits per heavy atom. The number of quaternary nitrogens is 1. The van der Waals surface area contributed by atoms with Crippen molar-refractivity contribution in [1.29, 1.82) is 0 Å². The van der Waals surface area contributed by atoms with Crippen molar-refractivity contribution in [2.24, 2.45) is 0 Å². The highest BCUT2D eigenvalue weighted by Crippen LogP contribution is 2.26. The zero-order chi connectivity index (χ0) is 17.9. The SMILES string of the molecule is CCCCCCCCCCCCC(C)[N+](C)(C)C(C)(C)C(=O)[O-]. The second kappa shape index (κ2) is 11.1. The van der Waals surface area contributed by atoms with Gasteiger partial charge in [0.05, 0.1) is 20.1 Å². The molecule has 23 heavy (non-hydrogen) atoms. The summed E-state index contributed by atoms with van der Waals surface area (Å²) in [5.41, 5.74) is -0.849. The molecule has 0 heterocycles. The van der Waals surface area contributed by atoms with Crippen LogP contribution in [0.1, 0.15) is 98.3 Å². The molecule has 0 amide bonds. The Balaban J connectivity index is 3.82. The lowest BCUT2D eigenvalue weighted by molar-refractivity contribution is -0.951. The number of carbonyl (C=O) groups is 1. The number of likely N-dealkylation sites (N-methyl/N-ethyl adjacent to an activating group) is 1. The maximum atomic E-state index is 11.4. The largest absolute Gasteiger partial charge is 0.544 e. The number of rotatable bonds is 14. The highest BCUT2D eigenvalue weighted by Gasteiger charge is 2.41. The van der Waals surface area contributed by atoms with Gasteiger partial charge in [0.15, 0.2) is 0 Å². The lowest BCUT2D eigenvalue weighted by atomic mass is 9.95. The number of hydrogen-bond acceptors (Lipinski definition) is 2. The molecule has 1 unspecified atom stereocenters. The summed E-state index contributed by atoms with van der Waals surface area (Å²) in [5, 5.41) is 11.4. The van der Waals surface area contributed by atoms with Crippen molar-refractivity contribution in [2.75, 3.05) is 14.1 Å². The summed E-state index contributed by atoms with van der Waals surface area (Å²) in [5.74, 6) is -0.961. The molecule has 0 bridgehead atoms. The fraction of sp³-hybridized carbons (Fsp3) is 0.950. The van der Waals surface area contributed by atoms with Gasteiger partial charge in [-0.25, -0.2) is 0 Å². The molecule has 1 atom stereocenters. The molecular weight excluding hydrogens is 286 g/mol. The molecule has 0 saturated heterocycles. The smallest absolute Gasteiger partial charge is 0.133 e. The van der Waals surface area contributed by atoms with Gasteiger partial charge in [0, 0.05) is 0 Å². The van der Waals surface area contributed by atoms with Crippen LogP contribution in [0.25, 0.3) is 0 Å². The molecule has 0 aliphatic carbocycles. The van der Waals surface area contributed by atoms with Crippen molar-refractivity contribution in [3.63, 3.8) is 0 Å². The maximum absolute atomic E-state index is 11.4. The normalized spacial score (nSPS) is 14.0. The third-order valence-electron chi connectivity index (χ3n) is 6.02. The van der Waals surface area contributed by atoms with Gasteiger partial charge >= 0.3 is 0 Å². The Kier molecular flexibility index (Phi) is 10.8. The van der Waals surface area contributed by atoms with Crippen molar-refractivity contribution >= 4 is 5.97 Å². The van der Waals surface area contributed by atoms with Crippen molar-refractivity contribution < 1.29 is 14.4 Å². The lowest BCUT2D eigenvalue weighted by Crippen LogP contribution is -2.67. The van der Waals surface area contributed by atoms with Crippen LogP contribution in [0.5, 0.6) is 0 Å². The molecule has 0 rings (SSSR count). The number of carboxylic acids is 1. The van der Waals surface area contributed by atoms with E-state index in [0.29, 0.717) is 10.5 Å². The molecule has 3 nitrogen and oxygen atoms in total. The second-order valence-corrected chi connectivity index (χ2v) is 8.21. The first kappa shape index (κ1) is 22.4. The first-order valence-corrected chi connectivity index (χ1v) is 9.73. The van der Waals surface area contributed by atoms with E-state index >= 15 is 0 Å². The summed E-state index contributed by atoms with van der Waals surface area (Å²) in [6, 6.07) is 0.331. The maximum Gasteiger partial charge on any atom is 0.133 e. The number of hydrogen-bond donors (Lipinski definition) is 0. The predicted molar refractivity (Wildman–Crippen MR) is 97.1 cm³/mol. The summed E-state index contributed by atoms with van der Waals surface area (Å²) in [6.07, 6.45) is 14.5. The summed E-state index contributed by atoms with van der Waals surface area (Å²) < 4.78 is 0.479. The molecule has 0 aliphatic heterocycles. The van der Waals surface area contributed by atoms with Crippen molar-refractivity contribution in [3.8, 4) is 0 Å². The van der Waals surface area contributed by atoms with Crippen molar-refractivity contribution in [2.45, 2.75) is 110 Å². The molecule has 0 aromatic carbocycles. The molecule has 3 heteroatoms. The third kappa shape index (κ3) is 7.69. The van der Waals surface area contributed by atoms with E-state index in [9.17, 15) is 9.90 Å². The molecule has 0 radical (unpaired) electrons. The monoisotopic (exact) mass is 327 g/mol. The highest BCUT2D eigenvalue weighted by molar-refractivity contribution is 5.73. The highest BCUT2D eigenvalue weighted by atomic mass is 16.4. The van der Waals surface area contributed by atoms with Crippen LogP contribution in [-0.2, 0) is 4.79 Å². The number of carboxylic acid groups (broad SMARTS) is 1. The van der Waals surface area contributed by atoms with Gasteiger partial charge in [0.2, 0.25) is 0 Å². The van der Waals surface area contributed by atoms with Gasteiger partial charge in [0.1, 0.15) is 11.5 Å². The fourth-order valence-corrected chi connectivity index (χ4v) is 3.04. The quantitative estimate of drug-likeness (QED) is 0.353. The predicted octanol–water partition coefficient (Wildman–Crippen LogP) is 4.29. The molecule has 0 aliphatic rings. The Labute approximate surface area is 145 Å². The fourth-order valence-electron chi connectivity index (χ4n) is 3.04. The first-order chi connectivity index (χ1) is 10.7. The van der Waals surface area contributed by atoms with Gasteiger partial charge < -0.3 is 14.4 Å². The van der Waals surface area contributed by atoms with E-state index in [0.717, 1.165) is 6.42 Å². The molecule has 0 fully saturated rings. The summed E-state index contributed by atoms with van der Waals surface area (Å²) in [4.78, 5) is 11.4. The second-order valence-electron chi connectivity index (χ2n) is 8.21. The Hall–Kier alpha value is -0.570. The van der Waals surface area contributed by atoms with E-state index in [4.69, 9.17) is 0 Å². The number of carbonyl (C=O) groups excluding carboxylic acids is 1. The molecule has 0 N–H and O–H groups in total. The van der Waals surface area contributed by atoms with Crippen LogP contribution in [0, 0.1) is 0 Å². The standard InChI is InChI=1S/C20H41NO2/c1-7-8-9-10-11-12-13-14-15-16-17-18(2)21(5,6)20(3,4)19(22)23/h18H,7-17H2,1-6H3. The van der Waals surface area contributed by atoms with Gasteiger partial charge in [-0.1, -0.05) is 64.7 Å². The molecule has 138 valence electrons. The van der Waals surface area contributed by atoms with E-state index < -0.39 is 11.5 Å². The Bertz CT molecular complexity index is 324.